The lowest BCUT2D eigenvalue weighted by Gasteiger charge is -2.27. The van der Waals surface area contributed by atoms with Crippen molar-refractivity contribution in [1.82, 2.24) is 29.8 Å². The highest BCUT2D eigenvalue weighted by atomic mass is 35.5. The lowest BCUT2D eigenvalue weighted by molar-refractivity contribution is -0.136. The average molecular weight is 880 g/mol. The van der Waals surface area contributed by atoms with Crippen LogP contribution in [0.25, 0.3) is 5.65 Å². The molecule has 5 heterocycles. The maximum absolute atomic E-state index is 13.0. The van der Waals surface area contributed by atoms with E-state index in [0.29, 0.717) is 76.7 Å². The van der Waals surface area contributed by atoms with Crippen molar-refractivity contribution in [2.45, 2.75) is 116 Å². The van der Waals surface area contributed by atoms with Crippen molar-refractivity contribution >= 4 is 64.0 Å². The van der Waals surface area contributed by atoms with Crippen molar-refractivity contribution in [3.05, 3.63) is 80.8 Å². The molecule has 1 aromatic carbocycles. The van der Waals surface area contributed by atoms with E-state index in [2.05, 4.69) is 27.3 Å². The smallest absolute Gasteiger partial charge is 0.266 e. The second-order valence-corrected chi connectivity index (χ2v) is 15.7. The number of piperidine rings is 1. The molecule has 1 N–H and O–H groups in total. The van der Waals surface area contributed by atoms with E-state index in [0.717, 1.165) is 30.6 Å². The zero-order valence-corrected chi connectivity index (χ0v) is 36.5. The third kappa shape index (κ3) is 12.2. The Labute approximate surface area is 364 Å². The van der Waals surface area contributed by atoms with Crippen LogP contribution in [0.3, 0.4) is 0 Å². The zero-order chi connectivity index (χ0) is 44.1. The van der Waals surface area contributed by atoms with Crippen LogP contribution in [-0.2, 0) is 36.8 Å². The number of amides is 4. The number of unbranched alkanes of at least 4 members (excludes halogenated alkanes) is 4. The van der Waals surface area contributed by atoms with Gasteiger partial charge in [-0.3, -0.25) is 39.0 Å². The standard InChI is InChI=1S/C24H28Cl2N4O4.C20H24N2O5/c1-4-6-19(31)7-5-8-34-24-16(9-18(25)14-28-24)10-20(32)11-17-13-27-22-12-21(26)29-30(22)23(17)15(2)33-3;1-2-3-4-5-6-12-27-15-9-7-8-13-17(15)20(26)22(19(13)25)14-10-11-16(23)21-18(14)24/h9,12-15H,4-8,10-11H2,1-3H3;7-9,14H,2-6,10-12H2,1H3,(H,21,23,24)/t15-;/m0./s1. The number of Topliss-reactive ketones (excluding diaryl/α,β-unsaturated/α-hetero) is 2. The molecule has 2 aliphatic rings. The number of carbonyl (C=O) groups is 6. The molecule has 0 saturated carbocycles. The van der Waals surface area contributed by atoms with Crippen LogP contribution in [0.15, 0.2) is 42.7 Å². The first-order chi connectivity index (χ1) is 29.4. The number of rotatable bonds is 21. The lowest BCUT2D eigenvalue weighted by Crippen LogP contribution is -2.54. The molecule has 0 aliphatic carbocycles. The van der Waals surface area contributed by atoms with E-state index in [1.54, 1.807) is 48.2 Å². The largest absolute Gasteiger partial charge is 0.493 e. The van der Waals surface area contributed by atoms with Gasteiger partial charge in [0.25, 0.3) is 11.8 Å². The van der Waals surface area contributed by atoms with Gasteiger partial charge in [0, 0.05) is 68.8 Å². The maximum Gasteiger partial charge on any atom is 0.266 e. The second kappa shape index (κ2) is 22.6. The fourth-order valence-corrected chi connectivity index (χ4v) is 7.54. The summed E-state index contributed by atoms with van der Waals surface area (Å²) in [6.07, 6.45) is 11.1. The molecule has 61 heavy (non-hydrogen) atoms. The van der Waals surface area contributed by atoms with Crippen molar-refractivity contribution in [2.75, 3.05) is 20.3 Å². The molecule has 326 valence electrons. The average Bonchev–Trinajstić information content (AvgIpc) is 3.73. The van der Waals surface area contributed by atoms with Gasteiger partial charge in [-0.05, 0) is 50.8 Å². The third-order valence-corrected chi connectivity index (χ3v) is 10.7. The van der Waals surface area contributed by atoms with E-state index >= 15 is 0 Å². The molecule has 1 saturated heterocycles. The molecule has 3 aromatic heterocycles. The Kier molecular flexibility index (Phi) is 17.3. The van der Waals surface area contributed by atoms with Crippen LogP contribution in [0.1, 0.15) is 135 Å². The van der Waals surface area contributed by atoms with Gasteiger partial charge in [-0.15, -0.1) is 0 Å². The molecule has 1 fully saturated rings. The molecular formula is C44H52Cl2N6O9. The van der Waals surface area contributed by atoms with E-state index in [1.165, 1.54) is 19.0 Å². The van der Waals surface area contributed by atoms with Crippen LogP contribution in [0.4, 0.5) is 0 Å². The number of nitrogens with one attached hydrogen (secondary N) is 1. The Hall–Kier alpha value is -5.25. The van der Waals surface area contributed by atoms with Crippen molar-refractivity contribution < 1.29 is 43.0 Å². The number of imide groups is 2. The molecule has 4 amide bonds. The molecule has 6 rings (SSSR count). The fraction of sp³-hybridized carbons (Fsp3) is 0.477. The summed E-state index contributed by atoms with van der Waals surface area (Å²) in [7, 11) is 1.59. The molecule has 4 aromatic rings. The number of ketones is 2. The molecule has 17 heteroatoms. The minimum Gasteiger partial charge on any atom is -0.493 e. The Morgan fingerprint density at radius 2 is 1.62 bits per heavy atom. The van der Waals surface area contributed by atoms with Gasteiger partial charge < -0.3 is 14.2 Å². The number of halogens is 2. The zero-order valence-electron chi connectivity index (χ0n) is 35.0. The van der Waals surface area contributed by atoms with Crippen LogP contribution in [0.2, 0.25) is 10.2 Å². The monoisotopic (exact) mass is 878 g/mol. The predicted molar refractivity (Wildman–Crippen MR) is 227 cm³/mol. The highest BCUT2D eigenvalue weighted by Gasteiger charge is 2.46. The number of hydrogen-bond donors (Lipinski definition) is 1. The van der Waals surface area contributed by atoms with E-state index < -0.39 is 23.8 Å². The molecule has 15 nitrogen and oxygen atoms in total. The van der Waals surface area contributed by atoms with Gasteiger partial charge in [-0.2, -0.15) is 5.10 Å². The van der Waals surface area contributed by atoms with Gasteiger partial charge in [0.05, 0.1) is 41.2 Å². The number of hydrogen-bond acceptors (Lipinski definition) is 12. The number of fused-ring (bicyclic) bond motifs is 2. The minimum atomic E-state index is -0.961. The Balaban J connectivity index is 0.000000237. The Morgan fingerprint density at radius 3 is 2.36 bits per heavy atom. The van der Waals surface area contributed by atoms with E-state index in [-0.39, 0.29) is 60.4 Å². The third-order valence-electron chi connectivity index (χ3n) is 10.3. The topological polar surface area (TPSA) is 188 Å². The van der Waals surface area contributed by atoms with Crippen molar-refractivity contribution in [3.8, 4) is 11.6 Å². The quantitative estimate of drug-likeness (QED) is 0.0644. The number of nitrogens with zero attached hydrogens (tertiary/aromatic N) is 5. The Morgan fingerprint density at radius 1 is 0.869 bits per heavy atom. The molecule has 0 bridgehead atoms. The van der Waals surface area contributed by atoms with Crippen LogP contribution in [-0.4, -0.2) is 86.0 Å². The lowest BCUT2D eigenvalue weighted by atomic mass is 10.0. The van der Waals surface area contributed by atoms with Gasteiger partial charge in [-0.25, -0.2) is 14.5 Å². The molecule has 2 atom stereocenters. The minimum absolute atomic E-state index is 0.0732. The van der Waals surface area contributed by atoms with Gasteiger partial charge in [0.15, 0.2) is 10.8 Å². The van der Waals surface area contributed by atoms with Crippen LogP contribution < -0.4 is 14.8 Å². The molecule has 0 spiro atoms. The SMILES string of the molecule is CCCC(=O)CCCOc1ncc(Cl)cc1CC(=O)Cc1cnc2cc(Cl)nn2c1[C@H](C)OC.CCCCCCCOc1cccc2c1C(=O)N(C1CCC(=O)NC1=O)C2=O. The first-order valence-electron chi connectivity index (χ1n) is 20.7. The first kappa shape index (κ1) is 46.8. The summed E-state index contributed by atoms with van der Waals surface area (Å²) in [4.78, 5) is 83.4. The predicted octanol–water partition coefficient (Wildman–Crippen LogP) is 7.46. The summed E-state index contributed by atoms with van der Waals surface area (Å²) >= 11 is 12.2. The molecular weight excluding hydrogens is 827 g/mol. The number of pyridine rings is 1. The summed E-state index contributed by atoms with van der Waals surface area (Å²) in [6.45, 7) is 6.81. The normalized spacial score (nSPS) is 15.3. The summed E-state index contributed by atoms with van der Waals surface area (Å²) in [6, 6.07) is 7.27. The number of ether oxygens (including phenoxy) is 3. The van der Waals surface area contributed by atoms with E-state index in [9.17, 15) is 28.8 Å². The van der Waals surface area contributed by atoms with E-state index in [1.807, 2.05) is 13.8 Å². The highest BCUT2D eigenvalue weighted by molar-refractivity contribution is 6.30. The fourth-order valence-electron chi connectivity index (χ4n) is 7.19. The van der Waals surface area contributed by atoms with Gasteiger partial charge >= 0.3 is 0 Å². The second-order valence-electron chi connectivity index (χ2n) is 14.9. The van der Waals surface area contributed by atoms with Gasteiger partial charge in [-0.1, -0.05) is 68.8 Å². The highest BCUT2D eigenvalue weighted by Crippen LogP contribution is 2.34. The van der Waals surface area contributed by atoms with Crippen LogP contribution in [0, 0.1) is 0 Å². The number of benzene rings is 1. The Bertz CT molecular complexity index is 2250. The van der Waals surface area contributed by atoms with Gasteiger partial charge in [0.1, 0.15) is 23.4 Å². The van der Waals surface area contributed by atoms with Crippen molar-refractivity contribution in [1.29, 1.82) is 0 Å². The van der Waals surface area contributed by atoms with Gasteiger partial charge in [0.2, 0.25) is 17.7 Å². The number of methoxy groups -OCH3 is 1. The van der Waals surface area contributed by atoms with Crippen molar-refractivity contribution in [3.63, 3.8) is 0 Å². The van der Waals surface area contributed by atoms with Crippen LogP contribution >= 0.6 is 23.2 Å². The summed E-state index contributed by atoms with van der Waals surface area (Å²) in [5, 5.41) is 7.20. The maximum atomic E-state index is 13.0. The first-order valence-corrected chi connectivity index (χ1v) is 21.5. The van der Waals surface area contributed by atoms with Crippen LogP contribution in [0.5, 0.6) is 11.6 Å². The number of aromatic nitrogens is 4. The molecule has 1 unspecified atom stereocenters. The van der Waals surface area contributed by atoms with Crippen molar-refractivity contribution in [2.24, 2.45) is 0 Å². The number of carbonyl (C=O) groups excluding carboxylic acids is 6. The summed E-state index contributed by atoms with van der Waals surface area (Å²) < 4.78 is 18.7. The summed E-state index contributed by atoms with van der Waals surface area (Å²) in [5.41, 5.74) is 3.03. The van der Waals surface area contributed by atoms with E-state index in [4.69, 9.17) is 37.4 Å². The molecule has 2 aliphatic heterocycles. The summed E-state index contributed by atoms with van der Waals surface area (Å²) in [5.74, 6) is -1.19. The molecule has 0 radical (unpaired) electrons.